The Labute approximate surface area is 207 Å². The predicted octanol–water partition coefficient (Wildman–Crippen LogP) is 3.57. The molecule has 2 atom stereocenters. The van der Waals surface area contributed by atoms with Crippen LogP contribution in [0.5, 0.6) is 0 Å². The highest BCUT2D eigenvalue weighted by atomic mass is 19.4. The topological polar surface area (TPSA) is 39.3 Å². The van der Waals surface area contributed by atoms with Gasteiger partial charge in [0.25, 0.3) is 0 Å². The number of likely N-dealkylation sites (tertiary alicyclic amines) is 2. The number of ether oxygens (including phenoxy) is 1. The Morgan fingerprint density at radius 2 is 1.71 bits per heavy atom. The number of carbonyl (C=O) groups is 1. The summed E-state index contributed by atoms with van der Waals surface area (Å²) in [6.07, 6.45) is 0.382. The number of hydrogen-bond acceptors (Lipinski definition) is 6. The number of nitrogens with zero attached hydrogens (tertiary/aromatic N) is 4. The maximum atomic E-state index is 13.2. The Morgan fingerprint density at radius 3 is 2.37 bits per heavy atom. The molecule has 3 aliphatic rings. The van der Waals surface area contributed by atoms with Crippen LogP contribution in [0.3, 0.4) is 0 Å². The number of esters is 1. The Hall–Kier alpha value is -1.84. The van der Waals surface area contributed by atoms with Gasteiger partial charge in [0.05, 0.1) is 12.7 Å². The highest BCUT2D eigenvalue weighted by Crippen LogP contribution is 2.33. The standard InChI is InChI=1S/C26H39F3N4O2/c1-30-11-8-22(9-12-30)33-13-10-24(20(19-33)6-7-25(34)35-2)32-16-14-31(15-17-32)23-5-3-4-21(18-23)26(27,28)29/h3-5,18,20,22,24H,6-17,19H2,1-2H3/t20-,24+/m0/s1. The smallest absolute Gasteiger partial charge is 0.416 e. The molecular formula is C26H39F3N4O2. The van der Waals surface area contributed by atoms with E-state index in [1.807, 2.05) is 0 Å². The summed E-state index contributed by atoms with van der Waals surface area (Å²) in [5.74, 6) is 0.233. The van der Waals surface area contributed by atoms with Gasteiger partial charge in [-0.25, -0.2) is 0 Å². The lowest BCUT2D eigenvalue weighted by atomic mass is 9.85. The molecule has 0 saturated carbocycles. The number of benzene rings is 1. The van der Waals surface area contributed by atoms with E-state index in [4.69, 9.17) is 4.74 Å². The van der Waals surface area contributed by atoms with E-state index in [1.165, 1.54) is 32.1 Å². The van der Waals surface area contributed by atoms with Crippen LogP contribution in [-0.4, -0.2) is 99.3 Å². The van der Waals surface area contributed by atoms with Crippen molar-refractivity contribution in [2.24, 2.45) is 5.92 Å². The van der Waals surface area contributed by atoms with Crippen LogP contribution in [0, 0.1) is 5.92 Å². The molecule has 0 aromatic heterocycles. The van der Waals surface area contributed by atoms with Gasteiger partial charge in [0.2, 0.25) is 0 Å². The van der Waals surface area contributed by atoms with E-state index < -0.39 is 11.7 Å². The van der Waals surface area contributed by atoms with Gasteiger partial charge in [0, 0.05) is 56.9 Å². The zero-order valence-corrected chi connectivity index (χ0v) is 21.0. The van der Waals surface area contributed by atoms with Gasteiger partial charge in [-0.15, -0.1) is 0 Å². The molecule has 3 heterocycles. The number of halogens is 3. The minimum atomic E-state index is -4.33. The van der Waals surface area contributed by atoms with Crippen molar-refractivity contribution in [2.75, 3.05) is 71.4 Å². The lowest BCUT2D eigenvalue weighted by Gasteiger charge is -2.49. The summed E-state index contributed by atoms with van der Waals surface area (Å²) in [7, 11) is 3.62. The largest absolute Gasteiger partial charge is 0.469 e. The first kappa shape index (κ1) is 26.2. The second-order valence-electron chi connectivity index (χ2n) is 10.3. The molecular weight excluding hydrogens is 457 g/mol. The third-order valence-electron chi connectivity index (χ3n) is 8.20. The molecule has 6 nitrogen and oxygen atoms in total. The summed E-state index contributed by atoms with van der Waals surface area (Å²) in [6.45, 7) is 7.41. The molecule has 0 bridgehead atoms. The summed E-state index contributed by atoms with van der Waals surface area (Å²) in [6, 6.07) is 6.66. The van der Waals surface area contributed by atoms with Crippen molar-refractivity contribution in [2.45, 2.75) is 50.4 Å². The van der Waals surface area contributed by atoms with Gasteiger partial charge in [-0.1, -0.05) is 6.07 Å². The van der Waals surface area contributed by atoms with Crippen LogP contribution < -0.4 is 4.90 Å². The molecule has 1 aromatic rings. The highest BCUT2D eigenvalue weighted by Gasteiger charge is 2.38. The van der Waals surface area contributed by atoms with Crippen molar-refractivity contribution in [3.8, 4) is 0 Å². The lowest BCUT2D eigenvalue weighted by molar-refractivity contribution is -0.141. The number of anilines is 1. The second kappa shape index (κ2) is 11.5. The molecule has 0 spiro atoms. The van der Waals surface area contributed by atoms with Gasteiger partial charge in [0.15, 0.2) is 0 Å². The van der Waals surface area contributed by atoms with E-state index in [0.717, 1.165) is 58.2 Å². The highest BCUT2D eigenvalue weighted by molar-refractivity contribution is 5.69. The second-order valence-corrected chi connectivity index (χ2v) is 10.3. The van der Waals surface area contributed by atoms with Crippen LogP contribution in [0.4, 0.5) is 18.9 Å². The van der Waals surface area contributed by atoms with Crippen LogP contribution in [-0.2, 0) is 15.7 Å². The maximum absolute atomic E-state index is 13.2. The van der Waals surface area contributed by atoms with E-state index in [-0.39, 0.29) is 5.97 Å². The van der Waals surface area contributed by atoms with Gasteiger partial charge >= 0.3 is 12.1 Å². The number of piperazine rings is 1. The van der Waals surface area contributed by atoms with Crippen molar-refractivity contribution in [1.82, 2.24) is 14.7 Å². The van der Waals surface area contributed by atoms with Crippen molar-refractivity contribution >= 4 is 11.7 Å². The fourth-order valence-corrected chi connectivity index (χ4v) is 6.10. The molecule has 3 saturated heterocycles. The first-order valence-electron chi connectivity index (χ1n) is 12.9. The molecule has 35 heavy (non-hydrogen) atoms. The zero-order valence-electron chi connectivity index (χ0n) is 21.0. The van der Waals surface area contributed by atoms with Gasteiger partial charge < -0.3 is 14.5 Å². The zero-order chi connectivity index (χ0) is 25.0. The summed E-state index contributed by atoms with van der Waals surface area (Å²) in [4.78, 5) is 21.5. The SMILES string of the molecule is COC(=O)CC[C@H]1CN(C2CCN(C)CC2)CC[C@H]1N1CCN(c2cccc(C(F)(F)F)c2)CC1. The summed E-state index contributed by atoms with van der Waals surface area (Å²) in [5.41, 5.74) is 0.0420. The van der Waals surface area contributed by atoms with Crippen molar-refractivity contribution in [3.63, 3.8) is 0 Å². The lowest BCUT2D eigenvalue weighted by Crippen LogP contribution is -2.58. The molecule has 4 rings (SSSR count). The van der Waals surface area contributed by atoms with Crippen molar-refractivity contribution in [1.29, 1.82) is 0 Å². The van der Waals surface area contributed by atoms with Gasteiger partial charge in [-0.05, 0) is 76.5 Å². The van der Waals surface area contributed by atoms with E-state index >= 15 is 0 Å². The van der Waals surface area contributed by atoms with Crippen molar-refractivity contribution in [3.05, 3.63) is 29.8 Å². The Balaban J connectivity index is 1.38. The summed E-state index contributed by atoms with van der Waals surface area (Å²) >= 11 is 0. The normalized spacial score (nSPS) is 26.1. The fourth-order valence-electron chi connectivity index (χ4n) is 6.10. The van der Waals surface area contributed by atoms with Crippen LogP contribution in [0.25, 0.3) is 0 Å². The molecule has 0 amide bonds. The third-order valence-corrected chi connectivity index (χ3v) is 8.20. The van der Waals surface area contributed by atoms with Crippen molar-refractivity contribution < 1.29 is 22.7 Å². The minimum absolute atomic E-state index is 0.158. The first-order valence-corrected chi connectivity index (χ1v) is 12.9. The molecule has 3 fully saturated rings. The molecule has 196 valence electrons. The van der Waals surface area contributed by atoms with Gasteiger partial charge in [-0.2, -0.15) is 13.2 Å². The number of hydrogen-bond donors (Lipinski definition) is 0. The predicted molar refractivity (Wildman–Crippen MR) is 130 cm³/mol. The maximum Gasteiger partial charge on any atom is 0.416 e. The molecule has 0 aliphatic carbocycles. The van der Waals surface area contributed by atoms with E-state index in [0.29, 0.717) is 43.2 Å². The number of alkyl halides is 3. The van der Waals surface area contributed by atoms with Gasteiger partial charge in [-0.3, -0.25) is 14.6 Å². The molecule has 9 heteroatoms. The summed E-state index contributed by atoms with van der Waals surface area (Å²) in [5, 5.41) is 0. The minimum Gasteiger partial charge on any atom is -0.469 e. The Morgan fingerprint density at radius 1 is 1.00 bits per heavy atom. The molecule has 0 radical (unpaired) electrons. The van der Waals surface area contributed by atoms with Crippen LogP contribution in [0.1, 0.15) is 37.7 Å². The molecule has 0 N–H and O–H groups in total. The molecule has 3 aliphatic heterocycles. The third kappa shape index (κ3) is 6.68. The van der Waals surface area contributed by atoms with Crippen LogP contribution in [0.2, 0.25) is 0 Å². The first-order chi connectivity index (χ1) is 16.7. The monoisotopic (exact) mass is 496 g/mol. The average molecular weight is 497 g/mol. The van der Waals surface area contributed by atoms with E-state index in [9.17, 15) is 18.0 Å². The number of carbonyl (C=O) groups excluding carboxylic acids is 1. The van der Waals surface area contributed by atoms with Crippen LogP contribution >= 0.6 is 0 Å². The number of rotatable bonds is 6. The average Bonchev–Trinajstić information content (AvgIpc) is 2.87. The molecule has 1 aromatic carbocycles. The number of methoxy groups -OCH3 is 1. The van der Waals surface area contributed by atoms with Gasteiger partial charge in [0.1, 0.15) is 0 Å². The van der Waals surface area contributed by atoms with E-state index in [1.54, 1.807) is 6.07 Å². The molecule has 0 unspecified atom stereocenters. The number of piperidine rings is 2. The quantitative estimate of drug-likeness (QED) is 0.561. The van der Waals surface area contributed by atoms with E-state index in [2.05, 4.69) is 26.6 Å². The van der Waals surface area contributed by atoms with Crippen LogP contribution in [0.15, 0.2) is 24.3 Å². The Bertz CT molecular complexity index is 836. The fraction of sp³-hybridized carbons (Fsp3) is 0.731. The Kier molecular flexibility index (Phi) is 8.60. The summed E-state index contributed by atoms with van der Waals surface area (Å²) < 4.78 is 44.4.